The molecule has 0 spiro atoms. The van der Waals surface area contributed by atoms with Crippen molar-refractivity contribution in [2.45, 2.75) is 6.42 Å². The Bertz CT molecular complexity index is 162. The summed E-state index contributed by atoms with van der Waals surface area (Å²) in [5.41, 5.74) is 0. The summed E-state index contributed by atoms with van der Waals surface area (Å²) in [6, 6.07) is -0.744. The van der Waals surface area contributed by atoms with Crippen molar-refractivity contribution in [2.75, 3.05) is 13.6 Å². The molecule has 0 bridgehead atoms. The van der Waals surface area contributed by atoms with Crippen LogP contribution >= 0.6 is 0 Å². The smallest absolute Gasteiger partial charge is 0.550 e. The number of carboxylic acid groups (broad SMARTS) is 1. The molecule has 0 rings (SSSR count). The molecule has 2 N–H and O–H groups in total. The van der Waals surface area contributed by atoms with Crippen LogP contribution < -0.4 is 40.0 Å². The predicted molar refractivity (Wildman–Crippen MR) is 32.6 cm³/mol. The van der Waals surface area contributed by atoms with Crippen LogP contribution in [0.4, 0.5) is 4.79 Å². The first kappa shape index (κ1) is 14.2. The molecule has 6 nitrogen and oxygen atoms in total. The fourth-order valence-corrected chi connectivity index (χ4v) is 0.386. The quantitative estimate of drug-likeness (QED) is 0.261. The number of carbonyl (C=O) groups excluding carboxylic acids is 2. The molecule has 12 heavy (non-hydrogen) atoms. The van der Waals surface area contributed by atoms with Crippen LogP contribution in [-0.2, 0) is 4.79 Å². The Hall–Kier alpha value is -0.300. The first-order chi connectivity index (χ1) is 5.04. The zero-order valence-corrected chi connectivity index (χ0v) is 9.03. The largest absolute Gasteiger partial charge is 1.00 e. The van der Waals surface area contributed by atoms with Crippen molar-refractivity contribution in [3.05, 3.63) is 0 Å². The molecule has 0 saturated carbocycles. The summed E-state index contributed by atoms with van der Waals surface area (Å²) in [6.45, 7) is -0.0495. The number of carbonyl (C=O) groups is 2. The molecule has 0 heterocycles. The first-order valence-corrected chi connectivity index (χ1v) is 2.94. The van der Waals surface area contributed by atoms with Crippen molar-refractivity contribution in [1.29, 1.82) is 0 Å². The molecule has 0 fully saturated rings. The van der Waals surface area contributed by atoms with Gasteiger partial charge in [-0.3, -0.25) is 5.21 Å². The van der Waals surface area contributed by atoms with Crippen molar-refractivity contribution in [3.63, 3.8) is 0 Å². The van der Waals surface area contributed by atoms with Crippen LogP contribution in [0.2, 0.25) is 0 Å². The topological polar surface area (TPSA) is 92.7 Å². The van der Waals surface area contributed by atoms with Gasteiger partial charge in [0.05, 0.1) is 0 Å². The maximum atomic E-state index is 10.5. The van der Waals surface area contributed by atoms with Crippen molar-refractivity contribution < 1.29 is 49.5 Å². The summed E-state index contributed by atoms with van der Waals surface area (Å²) in [5.74, 6) is -1.24. The fraction of sp³-hybridized carbons (Fsp3) is 0.600. The second-order valence-electron chi connectivity index (χ2n) is 1.88. The van der Waals surface area contributed by atoms with Crippen LogP contribution in [0.3, 0.4) is 0 Å². The third-order valence-electron chi connectivity index (χ3n) is 0.899. The fourth-order valence-electron chi connectivity index (χ4n) is 0.386. The Kier molecular flexibility index (Phi) is 8.73. The van der Waals surface area contributed by atoms with Crippen LogP contribution in [0, 0.1) is 0 Å². The van der Waals surface area contributed by atoms with Crippen LogP contribution in [0.1, 0.15) is 6.42 Å². The number of nitrogens with zero attached hydrogens (tertiary/aromatic N) is 1. The summed E-state index contributed by atoms with van der Waals surface area (Å²) in [7, 11) is 1.13. The molecule has 0 saturated heterocycles. The van der Waals surface area contributed by atoms with Crippen LogP contribution in [0.15, 0.2) is 0 Å². The molecule has 0 radical (unpaired) electrons. The zero-order valence-electron chi connectivity index (χ0n) is 7.03. The number of hydrogen-bond acceptors (Lipinski definition) is 4. The predicted octanol–water partition coefficient (Wildman–Crippen LogP) is -4.84. The Balaban J connectivity index is 0. The Morgan fingerprint density at radius 2 is 2.08 bits per heavy atom. The van der Waals surface area contributed by atoms with Gasteiger partial charge in [0.25, 0.3) is 0 Å². The number of nitrogens with one attached hydrogen (secondary N) is 1. The number of hydrogen-bond donors (Lipinski definition) is 2. The summed E-state index contributed by atoms with van der Waals surface area (Å²) in [5, 5.41) is 20.7. The van der Waals surface area contributed by atoms with Gasteiger partial charge in [-0.2, -0.15) is 0 Å². The number of hydroxylamine groups is 2. The summed E-state index contributed by atoms with van der Waals surface area (Å²) in [6.07, 6.45) is -0.264. The van der Waals surface area contributed by atoms with Crippen LogP contribution in [-0.4, -0.2) is 35.9 Å². The number of amides is 2. The van der Waals surface area contributed by atoms with Gasteiger partial charge >= 0.3 is 35.6 Å². The maximum Gasteiger partial charge on any atom is 1.00 e. The molecule has 0 atom stereocenters. The van der Waals surface area contributed by atoms with Gasteiger partial charge < -0.3 is 15.2 Å². The van der Waals surface area contributed by atoms with E-state index in [-0.39, 0.29) is 42.5 Å². The van der Waals surface area contributed by atoms with E-state index in [1.807, 2.05) is 0 Å². The van der Waals surface area contributed by atoms with E-state index < -0.39 is 12.0 Å². The summed E-state index contributed by atoms with van der Waals surface area (Å²) in [4.78, 5) is 20.3. The number of carboxylic acids is 1. The van der Waals surface area contributed by atoms with Crippen molar-refractivity contribution in [1.82, 2.24) is 10.4 Å². The van der Waals surface area contributed by atoms with E-state index in [9.17, 15) is 14.7 Å². The molecule has 0 unspecified atom stereocenters. The number of urea groups is 1. The van der Waals surface area contributed by atoms with E-state index in [1.54, 1.807) is 0 Å². The Labute approximate surface area is 91.8 Å². The Morgan fingerprint density at radius 1 is 1.58 bits per heavy atom. The normalized spacial score (nSPS) is 8.17. The van der Waals surface area contributed by atoms with Gasteiger partial charge in [0.2, 0.25) is 0 Å². The van der Waals surface area contributed by atoms with Crippen molar-refractivity contribution >= 4 is 12.0 Å². The average Bonchev–Trinajstić information content (AvgIpc) is 1.86. The van der Waals surface area contributed by atoms with Crippen molar-refractivity contribution in [2.24, 2.45) is 0 Å². The molecule has 2 amide bonds. The summed E-state index contributed by atoms with van der Waals surface area (Å²) < 4.78 is 0. The number of rotatable bonds is 3. The maximum absolute atomic E-state index is 10.5. The van der Waals surface area contributed by atoms with Gasteiger partial charge in [-0.15, -0.1) is 0 Å². The zero-order chi connectivity index (χ0) is 8.85. The van der Waals surface area contributed by atoms with Gasteiger partial charge in [-0.1, -0.05) is 0 Å². The molecule has 0 aromatic rings. The molecule has 0 aliphatic heterocycles. The standard InChI is InChI=1S/C5H10N2O4.Na/c1-7(11)5(10)6-3-2-4(8)9;/h11H,2-3H2,1H3,(H,6,10)(H,8,9);/q;+1/p-1. The van der Waals surface area contributed by atoms with Gasteiger partial charge in [0.1, 0.15) is 0 Å². The van der Waals surface area contributed by atoms with E-state index in [4.69, 9.17) is 5.21 Å². The van der Waals surface area contributed by atoms with Crippen LogP contribution in [0.5, 0.6) is 0 Å². The van der Waals surface area contributed by atoms with Gasteiger partial charge in [0, 0.05) is 26.0 Å². The first-order valence-electron chi connectivity index (χ1n) is 2.94. The van der Waals surface area contributed by atoms with Crippen molar-refractivity contribution in [3.8, 4) is 0 Å². The molecule has 7 heteroatoms. The minimum absolute atomic E-state index is 0. The van der Waals surface area contributed by atoms with Gasteiger partial charge in [-0.05, 0) is 0 Å². The van der Waals surface area contributed by atoms with E-state index in [0.717, 1.165) is 7.05 Å². The second kappa shape index (κ2) is 7.35. The second-order valence-corrected chi connectivity index (χ2v) is 1.88. The molecular weight excluding hydrogens is 175 g/mol. The third-order valence-corrected chi connectivity index (χ3v) is 0.899. The van der Waals surface area contributed by atoms with Gasteiger partial charge in [-0.25, -0.2) is 9.86 Å². The SMILES string of the molecule is CN(O)C(=O)NCCC(=O)[O-].[Na+]. The van der Waals surface area contributed by atoms with Crippen LogP contribution in [0.25, 0.3) is 0 Å². The minimum Gasteiger partial charge on any atom is -0.550 e. The Morgan fingerprint density at radius 3 is 2.42 bits per heavy atom. The molecule has 0 aliphatic rings. The monoisotopic (exact) mass is 184 g/mol. The third kappa shape index (κ3) is 7.80. The molecular formula is C5H9N2NaO4. The van der Waals surface area contributed by atoms with E-state index in [0.29, 0.717) is 5.06 Å². The minimum atomic E-state index is -1.24. The number of aliphatic carboxylic acids is 1. The molecule has 64 valence electrons. The molecule has 0 aromatic heterocycles. The molecule has 0 aromatic carbocycles. The average molecular weight is 184 g/mol. The van der Waals surface area contributed by atoms with E-state index in [1.165, 1.54) is 0 Å². The van der Waals surface area contributed by atoms with E-state index >= 15 is 0 Å². The summed E-state index contributed by atoms with van der Waals surface area (Å²) >= 11 is 0. The van der Waals surface area contributed by atoms with E-state index in [2.05, 4.69) is 5.32 Å². The molecule has 0 aliphatic carbocycles. The van der Waals surface area contributed by atoms with Gasteiger partial charge in [0.15, 0.2) is 0 Å².